The average Bonchev–Trinajstić information content (AvgIpc) is 3.19. The van der Waals surface area contributed by atoms with Crippen molar-refractivity contribution in [2.75, 3.05) is 11.1 Å². The van der Waals surface area contributed by atoms with Crippen molar-refractivity contribution in [3.63, 3.8) is 0 Å². The molecule has 2 N–H and O–H groups in total. The first-order valence-corrected chi connectivity index (χ1v) is 10.8. The number of aromatic nitrogens is 3. The van der Waals surface area contributed by atoms with Gasteiger partial charge in [0, 0.05) is 11.4 Å². The van der Waals surface area contributed by atoms with E-state index in [-0.39, 0.29) is 17.4 Å². The molecule has 0 bridgehead atoms. The fourth-order valence-corrected chi connectivity index (χ4v) is 3.91. The second-order valence-corrected chi connectivity index (χ2v) is 8.07. The van der Waals surface area contributed by atoms with E-state index in [1.807, 2.05) is 73.0 Å². The van der Waals surface area contributed by atoms with E-state index in [1.54, 1.807) is 18.2 Å². The fourth-order valence-electron chi connectivity index (χ4n) is 3.16. The fraction of sp³-hybridized carbons (Fsp3) is 0.125. The monoisotopic (exact) mass is 430 g/mol. The van der Waals surface area contributed by atoms with Gasteiger partial charge in [-0.05, 0) is 61.4 Å². The number of para-hydroxylation sites is 2. The van der Waals surface area contributed by atoms with E-state index in [4.69, 9.17) is 0 Å². The number of nitrogens with zero attached hydrogens (tertiary/aromatic N) is 3. The van der Waals surface area contributed by atoms with Crippen LogP contribution in [0.4, 0.5) is 5.69 Å². The van der Waals surface area contributed by atoms with Crippen LogP contribution < -0.4 is 5.32 Å². The Balaban J connectivity index is 1.59. The Hall–Kier alpha value is -3.58. The van der Waals surface area contributed by atoms with Crippen LogP contribution in [-0.2, 0) is 4.79 Å². The number of benzene rings is 3. The molecule has 6 nitrogen and oxygen atoms in total. The molecule has 3 aromatic carbocycles. The Kier molecular flexibility index (Phi) is 6.04. The number of phenolic OH excluding ortho intramolecular Hbond substituents is 1. The molecule has 0 aliphatic rings. The molecule has 1 heterocycles. The molecule has 0 spiro atoms. The van der Waals surface area contributed by atoms with Crippen LogP contribution in [0.1, 0.15) is 11.1 Å². The van der Waals surface area contributed by atoms with Crippen LogP contribution in [0.25, 0.3) is 17.1 Å². The molecule has 156 valence electrons. The van der Waals surface area contributed by atoms with Gasteiger partial charge >= 0.3 is 0 Å². The smallest absolute Gasteiger partial charge is 0.234 e. The highest BCUT2D eigenvalue weighted by Crippen LogP contribution is 2.32. The summed E-state index contributed by atoms with van der Waals surface area (Å²) >= 11 is 1.29. The summed E-state index contributed by atoms with van der Waals surface area (Å²) in [7, 11) is 0. The number of nitrogens with one attached hydrogen (secondary N) is 1. The maximum atomic E-state index is 12.5. The lowest BCUT2D eigenvalue weighted by Crippen LogP contribution is -2.14. The molecule has 1 aromatic heterocycles. The largest absolute Gasteiger partial charge is 0.507 e. The van der Waals surface area contributed by atoms with Gasteiger partial charge in [0.1, 0.15) is 5.75 Å². The van der Waals surface area contributed by atoms with Gasteiger partial charge in [-0.2, -0.15) is 0 Å². The predicted octanol–water partition coefficient (Wildman–Crippen LogP) is 4.99. The van der Waals surface area contributed by atoms with Crippen molar-refractivity contribution in [1.82, 2.24) is 14.8 Å². The van der Waals surface area contributed by atoms with Gasteiger partial charge in [0.05, 0.1) is 11.3 Å². The van der Waals surface area contributed by atoms with Crippen LogP contribution in [0.3, 0.4) is 0 Å². The lowest BCUT2D eigenvalue weighted by atomic mass is 10.1. The summed E-state index contributed by atoms with van der Waals surface area (Å²) in [5.74, 6) is 0.691. The molecule has 0 radical (unpaired) electrons. The molecule has 0 aliphatic carbocycles. The summed E-state index contributed by atoms with van der Waals surface area (Å²) in [6.07, 6.45) is 0. The van der Waals surface area contributed by atoms with Crippen molar-refractivity contribution in [2.45, 2.75) is 19.0 Å². The maximum Gasteiger partial charge on any atom is 0.234 e. The first-order valence-electron chi connectivity index (χ1n) is 9.82. The van der Waals surface area contributed by atoms with Gasteiger partial charge in [0.25, 0.3) is 0 Å². The Labute approximate surface area is 185 Å². The molecule has 31 heavy (non-hydrogen) atoms. The van der Waals surface area contributed by atoms with Crippen LogP contribution in [0.15, 0.2) is 78.0 Å². The summed E-state index contributed by atoms with van der Waals surface area (Å²) in [5, 5.41) is 22.4. The Bertz CT molecular complexity index is 1220. The van der Waals surface area contributed by atoms with Crippen molar-refractivity contribution in [3.8, 4) is 22.8 Å². The van der Waals surface area contributed by atoms with E-state index in [2.05, 4.69) is 15.5 Å². The molecule has 7 heteroatoms. The van der Waals surface area contributed by atoms with E-state index in [0.29, 0.717) is 16.5 Å². The molecule has 0 aliphatic heterocycles. The van der Waals surface area contributed by atoms with Gasteiger partial charge in [-0.1, -0.05) is 48.2 Å². The normalized spacial score (nSPS) is 10.8. The molecule has 0 saturated carbocycles. The Morgan fingerprint density at radius 2 is 1.71 bits per heavy atom. The molecule has 0 saturated heterocycles. The molecule has 0 fully saturated rings. The quantitative estimate of drug-likeness (QED) is 0.421. The van der Waals surface area contributed by atoms with Crippen LogP contribution in [0, 0.1) is 13.8 Å². The number of aromatic hydroxyl groups is 1. The highest BCUT2D eigenvalue weighted by Gasteiger charge is 2.19. The number of carbonyl (C=O) groups excluding carboxylic acids is 1. The average molecular weight is 431 g/mol. The van der Waals surface area contributed by atoms with Gasteiger partial charge < -0.3 is 10.4 Å². The number of carbonyl (C=O) groups is 1. The van der Waals surface area contributed by atoms with Crippen molar-refractivity contribution < 1.29 is 9.90 Å². The zero-order valence-corrected chi connectivity index (χ0v) is 18.1. The second-order valence-electron chi connectivity index (χ2n) is 7.13. The standard InChI is InChI=1S/C24H22N4O2S/c1-16-12-13-18(14-17(16)2)25-22(30)15-31-24-27-26-23(20-10-6-7-11-21(20)29)28(24)19-8-4-3-5-9-19/h3-14,29H,15H2,1-2H3,(H,25,30). The van der Waals surface area contributed by atoms with Crippen LogP contribution in [-0.4, -0.2) is 31.5 Å². The number of rotatable bonds is 6. The van der Waals surface area contributed by atoms with Crippen molar-refractivity contribution in [3.05, 3.63) is 83.9 Å². The number of hydrogen-bond donors (Lipinski definition) is 2. The number of amides is 1. The maximum absolute atomic E-state index is 12.5. The molecule has 0 unspecified atom stereocenters. The summed E-state index contributed by atoms with van der Waals surface area (Å²) < 4.78 is 1.85. The number of hydrogen-bond acceptors (Lipinski definition) is 5. The highest BCUT2D eigenvalue weighted by atomic mass is 32.2. The molecular formula is C24H22N4O2S. The lowest BCUT2D eigenvalue weighted by Gasteiger charge is -2.11. The van der Waals surface area contributed by atoms with Crippen LogP contribution >= 0.6 is 11.8 Å². The lowest BCUT2D eigenvalue weighted by molar-refractivity contribution is -0.113. The van der Waals surface area contributed by atoms with E-state index in [1.165, 1.54) is 17.3 Å². The van der Waals surface area contributed by atoms with Crippen molar-refractivity contribution in [1.29, 1.82) is 0 Å². The van der Waals surface area contributed by atoms with Crippen molar-refractivity contribution in [2.24, 2.45) is 0 Å². The predicted molar refractivity (Wildman–Crippen MR) is 124 cm³/mol. The zero-order valence-electron chi connectivity index (χ0n) is 17.2. The third-order valence-corrected chi connectivity index (χ3v) is 5.84. The van der Waals surface area contributed by atoms with Gasteiger partial charge in [0.15, 0.2) is 11.0 Å². The Morgan fingerprint density at radius 1 is 0.968 bits per heavy atom. The molecule has 1 amide bonds. The minimum Gasteiger partial charge on any atom is -0.507 e. The van der Waals surface area contributed by atoms with Crippen LogP contribution in [0.5, 0.6) is 5.75 Å². The number of thioether (sulfide) groups is 1. The highest BCUT2D eigenvalue weighted by molar-refractivity contribution is 7.99. The van der Waals surface area contributed by atoms with Gasteiger partial charge in [-0.3, -0.25) is 9.36 Å². The zero-order chi connectivity index (χ0) is 21.8. The number of phenols is 1. The van der Waals surface area contributed by atoms with Gasteiger partial charge in [-0.15, -0.1) is 10.2 Å². The summed E-state index contributed by atoms with van der Waals surface area (Å²) in [6.45, 7) is 4.05. The van der Waals surface area contributed by atoms with E-state index >= 15 is 0 Å². The third kappa shape index (κ3) is 4.62. The summed E-state index contributed by atoms with van der Waals surface area (Å²) in [4.78, 5) is 12.5. The first-order chi connectivity index (χ1) is 15.0. The minimum atomic E-state index is -0.125. The van der Waals surface area contributed by atoms with Crippen LogP contribution in [0.2, 0.25) is 0 Å². The Morgan fingerprint density at radius 3 is 2.45 bits per heavy atom. The van der Waals surface area contributed by atoms with E-state index < -0.39 is 0 Å². The number of anilines is 1. The minimum absolute atomic E-state index is 0.121. The molecule has 4 rings (SSSR count). The van der Waals surface area contributed by atoms with E-state index in [0.717, 1.165) is 16.9 Å². The molecule has 0 atom stereocenters. The first kappa shape index (κ1) is 20.7. The number of aryl methyl sites for hydroxylation is 2. The topological polar surface area (TPSA) is 80.0 Å². The van der Waals surface area contributed by atoms with Gasteiger partial charge in [-0.25, -0.2) is 0 Å². The van der Waals surface area contributed by atoms with Gasteiger partial charge in [0.2, 0.25) is 5.91 Å². The molecule has 4 aromatic rings. The third-order valence-electron chi connectivity index (χ3n) is 4.92. The summed E-state index contributed by atoms with van der Waals surface area (Å²) in [6, 6.07) is 22.5. The van der Waals surface area contributed by atoms with Crippen molar-refractivity contribution >= 4 is 23.4 Å². The summed E-state index contributed by atoms with van der Waals surface area (Å²) in [5.41, 5.74) is 4.50. The second kappa shape index (κ2) is 9.06. The SMILES string of the molecule is Cc1ccc(NC(=O)CSc2nnc(-c3ccccc3O)n2-c2ccccc2)cc1C. The van der Waals surface area contributed by atoms with E-state index in [9.17, 15) is 9.90 Å². The molecular weight excluding hydrogens is 408 g/mol.